The first-order chi connectivity index (χ1) is 13.0. The zero-order chi connectivity index (χ0) is 19.0. The van der Waals surface area contributed by atoms with Gasteiger partial charge in [-0.25, -0.2) is 18.7 Å². The lowest BCUT2D eigenvalue weighted by molar-refractivity contribution is 0.475. The second-order valence-corrected chi connectivity index (χ2v) is 6.15. The first kappa shape index (κ1) is 17.0. The van der Waals surface area contributed by atoms with Gasteiger partial charge >= 0.3 is 0 Å². The highest BCUT2D eigenvalue weighted by Crippen LogP contribution is 2.28. The van der Waals surface area contributed by atoms with E-state index < -0.39 is 11.6 Å². The summed E-state index contributed by atoms with van der Waals surface area (Å²) in [5.41, 5.74) is 3.51. The maximum Gasteiger partial charge on any atom is 0.180 e. The largest absolute Gasteiger partial charge is 0.508 e. The topological polar surface area (TPSA) is 62.5 Å². The average molecular weight is 366 g/mol. The second kappa shape index (κ2) is 6.68. The van der Waals surface area contributed by atoms with Crippen LogP contribution in [0.2, 0.25) is 0 Å². The van der Waals surface area contributed by atoms with Gasteiger partial charge in [-0.1, -0.05) is 6.07 Å². The number of anilines is 1. The molecule has 0 spiro atoms. The van der Waals surface area contributed by atoms with E-state index in [4.69, 9.17) is 0 Å². The zero-order valence-electron chi connectivity index (χ0n) is 14.4. The van der Waals surface area contributed by atoms with Crippen LogP contribution in [-0.4, -0.2) is 19.5 Å². The van der Waals surface area contributed by atoms with Crippen molar-refractivity contribution in [3.05, 3.63) is 77.8 Å². The summed E-state index contributed by atoms with van der Waals surface area (Å²) in [5.74, 6) is -0.539. The number of aromatic hydroxyl groups is 1. The van der Waals surface area contributed by atoms with Gasteiger partial charge < -0.3 is 10.4 Å². The highest BCUT2D eigenvalue weighted by atomic mass is 19.1. The predicted molar refractivity (Wildman–Crippen MR) is 98.5 cm³/mol. The molecule has 0 aliphatic rings. The fraction of sp³-hybridized carbons (Fsp3) is 0.100. The van der Waals surface area contributed by atoms with E-state index in [1.807, 2.05) is 23.5 Å². The van der Waals surface area contributed by atoms with Crippen LogP contribution < -0.4 is 5.32 Å². The van der Waals surface area contributed by atoms with Crippen molar-refractivity contribution < 1.29 is 13.9 Å². The van der Waals surface area contributed by atoms with E-state index in [0.29, 0.717) is 17.0 Å². The summed E-state index contributed by atoms with van der Waals surface area (Å²) in [6.07, 6.45) is 3.42. The van der Waals surface area contributed by atoms with Crippen molar-refractivity contribution in [2.24, 2.45) is 0 Å². The lowest BCUT2D eigenvalue weighted by atomic mass is 10.1. The number of nitrogens with one attached hydrogen (secondary N) is 1. The van der Waals surface area contributed by atoms with Gasteiger partial charge in [0.1, 0.15) is 17.4 Å². The third-order valence-electron chi connectivity index (χ3n) is 4.32. The van der Waals surface area contributed by atoms with Gasteiger partial charge in [-0.2, -0.15) is 0 Å². The van der Waals surface area contributed by atoms with Crippen LogP contribution in [0, 0.1) is 18.6 Å². The first-order valence-corrected chi connectivity index (χ1v) is 8.34. The van der Waals surface area contributed by atoms with Crippen LogP contribution in [-0.2, 0) is 6.54 Å². The lowest BCUT2D eigenvalue weighted by Gasteiger charge is -2.09. The summed E-state index contributed by atoms with van der Waals surface area (Å²) in [4.78, 5) is 8.88. The summed E-state index contributed by atoms with van der Waals surface area (Å²) in [5, 5.41) is 12.6. The molecule has 0 saturated heterocycles. The van der Waals surface area contributed by atoms with Crippen LogP contribution in [0.25, 0.3) is 16.9 Å². The van der Waals surface area contributed by atoms with Crippen LogP contribution in [0.1, 0.15) is 11.3 Å². The molecule has 0 saturated carbocycles. The number of imidazole rings is 1. The highest BCUT2D eigenvalue weighted by Gasteiger charge is 2.15. The number of fused-ring (bicyclic) bond motifs is 1. The van der Waals surface area contributed by atoms with Gasteiger partial charge in [-0.3, -0.25) is 4.40 Å². The van der Waals surface area contributed by atoms with Crippen molar-refractivity contribution >= 4 is 11.5 Å². The van der Waals surface area contributed by atoms with Gasteiger partial charge in [0.15, 0.2) is 11.5 Å². The molecule has 2 N–H and O–H groups in total. The standard InChI is InChI=1S/C20H16F2N4O/c1-12-18(13-3-6-16(27)7-4-13)26-9-8-23-19(20(26)25-12)24-11-14-2-5-15(21)10-17(14)22/h2-10,27H,11H2,1H3,(H,23,24). The molecule has 2 aromatic heterocycles. The van der Waals surface area contributed by atoms with E-state index in [9.17, 15) is 13.9 Å². The Morgan fingerprint density at radius 2 is 1.89 bits per heavy atom. The summed E-state index contributed by atoms with van der Waals surface area (Å²) in [6.45, 7) is 2.04. The number of hydrogen-bond donors (Lipinski definition) is 2. The quantitative estimate of drug-likeness (QED) is 0.565. The van der Waals surface area contributed by atoms with Crippen LogP contribution in [0.3, 0.4) is 0 Å². The monoisotopic (exact) mass is 366 g/mol. The van der Waals surface area contributed by atoms with Crippen LogP contribution in [0.5, 0.6) is 5.75 Å². The van der Waals surface area contributed by atoms with E-state index in [0.717, 1.165) is 23.0 Å². The molecule has 4 aromatic rings. The molecule has 0 radical (unpaired) electrons. The summed E-state index contributed by atoms with van der Waals surface area (Å²) in [6, 6.07) is 10.3. The molecule has 0 amide bonds. The smallest absolute Gasteiger partial charge is 0.180 e. The molecule has 136 valence electrons. The molecule has 2 aromatic carbocycles. The summed E-state index contributed by atoms with van der Waals surface area (Å²) >= 11 is 0. The number of phenols is 1. The molecule has 7 heteroatoms. The first-order valence-electron chi connectivity index (χ1n) is 8.34. The number of rotatable bonds is 4. The van der Waals surface area contributed by atoms with Gasteiger partial charge in [0.2, 0.25) is 0 Å². The van der Waals surface area contributed by atoms with Gasteiger partial charge in [0.05, 0.1) is 11.4 Å². The summed E-state index contributed by atoms with van der Waals surface area (Å²) in [7, 11) is 0. The molecule has 0 atom stereocenters. The van der Waals surface area contributed by atoms with Crippen molar-refractivity contribution in [1.29, 1.82) is 0 Å². The van der Waals surface area contributed by atoms with E-state index in [2.05, 4.69) is 15.3 Å². The molecular formula is C20H16F2N4O. The lowest BCUT2D eigenvalue weighted by Crippen LogP contribution is -2.05. The van der Waals surface area contributed by atoms with Crippen LogP contribution in [0.15, 0.2) is 54.9 Å². The van der Waals surface area contributed by atoms with Crippen molar-refractivity contribution in [3.8, 4) is 17.0 Å². The molecule has 0 fully saturated rings. The Kier molecular flexibility index (Phi) is 4.19. The number of aryl methyl sites for hydroxylation is 1. The molecule has 27 heavy (non-hydrogen) atoms. The predicted octanol–water partition coefficient (Wildman–Crippen LogP) is 4.30. The number of hydrogen-bond acceptors (Lipinski definition) is 4. The Morgan fingerprint density at radius 3 is 2.63 bits per heavy atom. The molecule has 4 rings (SSSR count). The van der Waals surface area contributed by atoms with E-state index in [1.165, 1.54) is 12.1 Å². The normalized spacial score (nSPS) is 11.1. The fourth-order valence-electron chi connectivity index (χ4n) is 3.03. The molecule has 0 aliphatic heterocycles. The fourth-order valence-corrected chi connectivity index (χ4v) is 3.03. The van der Waals surface area contributed by atoms with E-state index in [1.54, 1.807) is 24.5 Å². The molecular weight excluding hydrogens is 350 g/mol. The molecule has 0 bridgehead atoms. The Morgan fingerprint density at radius 1 is 1.11 bits per heavy atom. The minimum Gasteiger partial charge on any atom is -0.508 e. The van der Waals surface area contributed by atoms with Crippen LogP contribution in [0.4, 0.5) is 14.6 Å². The molecule has 0 unspecified atom stereocenters. The number of phenolic OH excluding ortho intramolecular Hbond substituents is 1. The SMILES string of the molecule is Cc1nc2c(NCc3ccc(F)cc3F)nccn2c1-c1ccc(O)cc1. The van der Waals surface area contributed by atoms with Crippen molar-refractivity contribution in [3.63, 3.8) is 0 Å². The number of nitrogens with zero attached hydrogens (tertiary/aromatic N) is 3. The highest BCUT2D eigenvalue weighted by molar-refractivity contribution is 5.73. The zero-order valence-corrected chi connectivity index (χ0v) is 14.4. The van der Waals surface area contributed by atoms with Crippen molar-refractivity contribution in [2.75, 3.05) is 5.32 Å². The third kappa shape index (κ3) is 3.19. The van der Waals surface area contributed by atoms with Crippen molar-refractivity contribution in [1.82, 2.24) is 14.4 Å². The number of aromatic nitrogens is 3. The Bertz CT molecular complexity index is 1120. The van der Waals surface area contributed by atoms with Crippen molar-refractivity contribution in [2.45, 2.75) is 13.5 Å². The van der Waals surface area contributed by atoms with E-state index >= 15 is 0 Å². The second-order valence-electron chi connectivity index (χ2n) is 6.15. The minimum atomic E-state index is -0.612. The average Bonchev–Trinajstić information content (AvgIpc) is 2.98. The van der Waals surface area contributed by atoms with Gasteiger partial charge in [-0.05, 0) is 37.3 Å². The maximum atomic E-state index is 13.8. The Labute approximate surface area is 154 Å². The summed E-state index contributed by atoms with van der Waals surface area (Å²) < 4.78 is 28.8. The van der Waals surface area contributed by atoms with Crippen LogP contribution >= 0.6 is 0 Å². The van der Waals surface area contributed by atoms with Gasteiger partial charge in [0, 0.05) is 36.1 Å². The Hall–Kier alpha value is -3.48. The number of benzene rings is 2. The molecule has 2 heterocycles. The molecule has 0 aliphatic carbocycles. The number of halogens is 2. The Balaban J connectivity index is 1.70. The van der Waals surface area contributed by atoms with E-state index in [-0.39, 0.29) is 12.3 Å². The molecule has 5 nitrogen and oxygen atoms in total. The van der Waals surface area contributed by atoms with Gasteiger partial charge in [0.25, 0.3) is 0 Å². The maximum absolute atomic E-state index is 13.8. The third-order valence-corrected chi connectivity index (χ3v) is 4.32. The minimum absolute atomic E-state index is 0.152. The van der Waals surface area contributed by atoms with Gasteiger partial charge in [-0.15, -0.1) is 0 Å².